The molecular weight excluding hydrogens is 332 g/mol. The molecule has 1 saturated heterocycles. The van der Waals surface area contributed by atoms with Crippen molar-refractivity contribution in [2.45, 2.75) is 12.1 Å². The molecule has 4 rings (SSSR count). The second-order valence-corrected chi connectivity index (χ2v) is 6.59. The van der Waals surface area contributed by atoms with Crippen LogP contribution < -0.4 is 5.32 Å². The van der Waals surface area contributed by atoms with Gasteiger partial charge in [0.05, 0.1) is 36.3 Å². The normalized spacial score (nSPS) is 21.2. The maximum Gasteiger partial charge on any atom is 0.272 e. The molecule has 0 radical (unpaired) electrons. The highest BCUT2D eigenvalue weighted by Crippen LogP contribution is 2.27. The van der Waals surface area contributed by atoms with E-state index < -0.39 is 0 Å². The molecule has 1 fully saturated rings. The number of rotatable bonds is 4. The number of nitrogens with one attached hydrogen (secondary N) is 2. The molecule has 8 heteroatoms. The number of hydrogen-bond acceptors (Lipinski definition) is 5. The van der Waals surface area contributed by atoms with Gasteiger partial charge in [0.15, 0.2) is 5.69 Å². The quantitative estimate of drug-likeness (QED) is 0.732. The fraction of sp³-hybridized carbons (Fsp3) is 0.389. The van der Waals surface area contributed by atoms with Crippen LogP contribution in [-0.4, -0.2) is 63.4 Å². The molecule has 0 spiro atoms. The number of hydrogen-bond donors (Lipinski definition) is 2. The summed E-state index contributed by atoms with van der Waals surface area (Å²) in [6, 6.07) is 7.62. The number of imidazole rings is 1. The van der Waals surface area contributed by atoms with E-state index in [1.165, 1.54) is 0 Å². The van der Waals surface area contributed by atoms with E-state index in [0.717, 1.165) is 23.1 Å². The summed E-state index contributed by atoms with van der Waals surface area (Å²) in [6.45, 7) is 1.88. The molecule has 2 aromatic heterocycles. The number of aromatic nitrogens is 4. The van der Waals surface area contributed by atoms with Gasteiger partial charge in [0.25, 0.3) is 5.91 Å². The van der Waals surface area contributed by atoms with E-state index in [4.69, 9.17) is 4.74 Å². The van der Waals surface area contributed by atoms with Crippen LogP contribution in [0.4, 0.5) is 0 Å². The number of likely N-dealkylation sites (N-methyl/N-ethyl adjacent to an activating group) is 1. The van der Waals surface area contributed by atoms with Crippen LogP contribution in [-0.2, 0) is 11.8 Å². The van der Waals surface area contributed by atoms with Crippen molar-refractivity contribution in [2.24, 2.45) is 7.05 Å². The average Bonchev–Trinajstić information content (AvgIpc) is 3.26. The number of para-hydroxylation sites is 1. The van der Waals surface area contributed by atoms with Crippen LogP contribution in [0.2, 0.25) is 0 Å². The van der Waals surface area contributed by atoms with Gasteiger partial charge >= 0.3 is 0 Å². The molecule has 3 aromatic rings. The Morgan fingerprint density at radius 3 is 3.04 bits per heavy atom. The summed E-state index contributed by atoms with van der Waals surface area (Å²) < 4.78 is 7.96. The lowest BCUT2D eigenvalue weighted by Gasteiger charge is -2.39. The van der Waals surface area contributed by atoms with Crippen molar-refractivity contribution in [3.8, 4) is 0 Å². The number of aromatic amines is 1. The molecule has 3 heterocycles. The second kappa shape index (κ2) is 6.89. The van der Waals surface area contributed by atoms with Crippen LogP contribution in [0.15, 0.2) is 36.8 Å². The Kier molecular flexibility index (Phi) is 4.44. The lowest BCUT2D eigenvalue weighted by molar-refractivity contribution is -0.0626. The van der Waals surface area contributed by atoms with Crippen LogP contribution in [0.3, 0.4) is 0 Å². The lowest BCUT2D eigenvalue weighted by Crippen LogP contribution is -2.48. The molecular formula is C18H22N6O2. The smallest absolute Gasteiger partial charge is 0.272 e. The van der Waals surface area contributed by atoms with Gasteiger partial charge in [-0.2, -0.15) is 5.10 Å². The number of benzene rings is 1. The molecule has 1 aliphatic rings. The number of H-pyrrole nitrogens is 1. The predicted octanol–water partition coefficient (Wildman–Crippen LogP) is 1.10. The summed E-state index contributed by atoms with van der Waals surface area (Å²) in [7, 11) is 4.03. The molecule has 1 aliphatic heterocycles. The van der Waals surface area contributed by atoms with Crippen molar-refractivity contribution in [1.29, 1.82) is 0 Å². The Bertz CT molecular complexity index is 917. The van der Waals surface area contributed by atoms with Gasteiger partial charge in [-0.15, -0.1) is 0 Å². The monoisotopic (exact) mass is 354 g/mol. The number of morpholine rings is 1. The van der Waals surface area contributed by atoms with E-state index in [1.807, 2.05) is 42.1 Å². The summed E-state index contributed by atoms with van der Waals surface area (Å²) in [5.41, 5.74) is 2.32. The van der Waals surface area contributed by atoms with Gasteiger partial charge in [0, 0.05) is 31.7 Å². The summed E-state index contributed by atoms with van der Waals surface area (Å²) in [5, 5.41) is 10.8. The second-order valence-electron chi connectivity index (χ2n) is 6.59. The van der Waals surface area contributed by atoms with Crippen LogP contribution in [0.5, 0.6) is 0 Å². The molecule has 136 valence electrons. The molecule has 0 saturated carbocycles. The van der Waals surface area contributed by atoms with Gasteiger partial charge in [-0.25, -0.2) is 4.98 Å². The maximum absolute atomic E-state index is 12.6. The summed E-state index contributed by atoms with van der Waals surface area (Å²) in [6.07, 6.45) is 3.48. The van der Waals surface area contributed by atoms with Gasteiger partial charge < -0.3 is 14.6 Å². The van der Waals surface area contributed by atoms with Crippen molar-refractivity contribution in [3.05, 3.63) is 48.2 Å². The first-order valence-electron chi connectivity index (χ1n) is 8.64. The van der Waals surface area contributed by atoms with E-state index in [0.29, 0.717) is 18.8 Å². The van der Waals surface area contributed by atoms with E-state index in [1.54, 1.807) is 6.33 Å². The average molecular weight is 354 g/mol. The minimum absolute atomic E-state index is 0.0347. The van der Waals surface area contributed by atoms with Crippen molar-refractivity contribution in [3.63, 3.8) is 0 Å². The number of nitrogens with zero attached hydrogens (tertiary/aromatic N) is 4. The maximum atomic E-state index is 12.6. The standard InChI is InChI=1S/C18H22N6O2/c1-23-7-8-26-15(17(23)14-9-19-11-24(14)2)10-20-18(25)16-12-5-3-4-6-13(12)21-22-16/h3-6,9,11,15,17H,7-8,10H2,1-2H3,(H,20,25)(H,21,22)/t15-,17-/m0/s1. The van der Waals surface area contributed by atoms with E-state index >= 15 is 0 Å². The number of amides is 1. The highest BCUT2D eigenvalue weighted by atomic mass is 16.5. The summed E-state index contributed by atoms with van der Waals surface area (Å²) in [4.78, 5) is 19.1. The minimum Gasteiger partial charge on any atom is -0.373 e. The zero-order chi connectivity index (χ0) is 18.1. The first kappa shape index (κ1) is 16.7. The number of fused-ring (bicyclic) bond motifs is 1. The molecule has 0 bridgehead atoms. The van der Waals surface area contributed by atoms with Gasteiger partial charge in [-0.3, -0.25) is 14.8 Å². The molecule has 0 aliphatic carbocycles. The van der Waals surface area contributed by atoms with Gasteiger partial charge in [-0.1, -0.05) is 18.2 Å². The third kappa shape index (κ3) is 2.97. The third-order valence-electron chi connectivity index (χ3n) is 4.91. The molecule has 2 atom stereocenters. The highest BCUT2D eigenvalue weighted by molar-refractivity contribution is 6.04. The van der Waals surface area contributed by atoms with Crippen LogP contribution in [0, 0.1) is 0 Å². The number of ether oxygens (including phenoxy) is 1. The van der Waals surface area contributed by atoms with Crippen molar-refractivity contribution in [2.75, 3.05) is 26.7 Å². The SMILES string of the molecule is CN1CCO[C@@H](CNC(=O)c2n[nH]c3ccccc23)[C@@H]1c1cncn1C. The Morgan fingerprint density at radius 1 is 1.38 bits per heavy atom. The first-order valence-corrected chi connectivity index (χ1v) is 8.64. The Labute approximate surface area is 151 Å². The number of aryl methyl sites for hydroxylation is 1. The molecule has 1 aromatic carbocycles. The first-order chi connectivity index (χ1) is 12.6. The Balaban J connectivity index is 1.50. The van der Waals surface area contributed by atoms with Gasteiger partial charge in [-0.05, 0) is 13.1 Å². The van der Waals surface area contributed by atoms with Crippen molar-refractivity contribution < 1.29 is 9.53 Å². The van der Waals surface area contributed by atoms with Gasteiger partial charge in [0.1, 0.15) is 0 Å². The molecule has 8 nitrogen and oxygen atoms in total. The molecule has 26 heavy (non-hydrogen) atoms. The molecule has 2 N–H and O–H groups in total. The van der Waals surface area contributed by atoms with Crippen molar-refractivity contribution >= 4 is 16.8 Å². The highest BCUT2D eigenvalue weighted by Gasteiger charge is 2.33. The van der Waals surface area contributed by atoms with Gasteiger partial charge in [0.2, 0.25) is 0 Å². The zero-order valence-corrected chi connectivity index (χ0v) is 14.8. The number of carbonyl (C=O) groups excluding carboxylic acids is 1. The predicted molar refractivity (Wildman–Crippen MR) is 96.7 cm³/mol. The fourth-order valence-electron chi connectivity index (χ4n) is 3.51. The Morgan fingerprint density at radius 2 is 2.23 bits per heavy atom. The van der Waals surface area contributed by atoms with E-state index in [-0.39, 0.29) is 18.1 Å². The lowest BCUT2D eigenvalue weighted by atomic mass is 10.0. The van der Waals surface area contributed by atoms with Crippen LogP contribution >= 0.6 is 0 Å². The summed E-state index contributed by atoms with van der Waals surface area (Å²) >= 11 is 0. The van der Waals surface area contributed by atoms with Crippen molar-refractivity contribution in [1.82, 2.24) is 30.0 Å². The van der Waals surface area contributed by atoms with E-state index in [9.17, 15) is 4.79 Å². The molecule has 1 amide bonds. The Hall–Kier alpha value is -2.71. The van der Waals surface area contributed by atoms with Crippen LogP contribution in [0.25, 0.3) is 10.9 Å². The fourth-order valence-corrected chi connectivity index (χ4v) is 3.51. The largest absolute Gasteiger partial charge is 0.373 e. The summed E-state index contributed by atoms with van der Waals surface area (Å²) in [5.74, 6) is -0.206. The number of carbonyl (C=O) groups is 1. The van der Waals surface area contributed by atoms with Crippen LogP contribution in [0.1, 0.15) is 22.2 Å². The minimum atomic E-state index is -0.206. The topological polar surface area (TPSA) is 88.1 Å². The third-order valence-corrected chi connectivity index (χ3v) is 4.91. The zero-order valence-electron chi connectivity index (χ0n) is 14.8. The van der Waals surface area contributed by atoms with E-state index in [2.05, 4.69) is 32.4 Å². The molecule has 0 unspecified atom stereocenters.